The average molecular weight is 319 g/mol. The normalized spacial score (nSPS) is 15.6. The average Bonchev–Trinajstić information content (AvgIpc) is 2.54. The van der Waals surface area contributed by atoms with Crippen LogP contribution in [0.25, 0.3) is 0 Å². The highest BCUT2D eigenvalue weighted by atomic mass is 16.5. The Hall–Kier alpha value is -2.04. The summed E-state index contributed by atoms with van der Waals surface area (Å²) in [5, 5.41) is 0. The van der Waals surface area contributed by atoms with Gasteiger partial charge >= 0.3 is 5.97 Å². The molecule has 1 saturated heterocycles. The molecule has 1 fully saturated rings. The Kier molecular flexibility index (Phi) is 6.02. The van der Waals surface area contributed by atoms with Gasteiger partial charge < -0.3 is 14.4 Å². The minimum atomic E-state index is -0.150. The van der Waals surface area contributed by atoms with Crippen LogP contribution in [0.2, 0.25) is 0 Å². The summed E-state index contributed by atoms with van der Waals surface area (Å²) >= 11 is 0. The number of hydrogen-bond acceptors (Lipinski definition) is 4. The first-order chi connectivity index (χ1) is 11.0. The highest BCUT2D eigenvalue weighted by molar-refractivity contribution is 5.97. The SMILES string of the molecule is CCOC(=O)C1CCN(C(=O)c2ccccc2OC(C)C)CC1. The summed E-state index contributed by atoms with van der Waals surface area (Å²) in [5.74, 6) is 0.327. The zero-order valence-electron chi connectivity index (χ0n) is 14.1. The molecule has 1 heterocycles. The number of esters is 1. The molecule has 0 N–H and O–H groups in total. The van der Waals surface area contributed by atoms with Crippen LogP contribution in [-0.2, 0) is 9.53 Å². The van der Waals surface area contributed by atoms with Crippen LogP contribution in [0.3, 0.4) is 0 Å². The van der Waals surface area contributed by atoms with Gasteiger partial charge in [-0.25, -0.2) is 0 Å². The molecule has 0 atom stereocenters. The van der Waals surface area contributed by atoms with Crippen LogP contribution >= 0.6 is 0 Å². The van der Waals surface area contributed by atoms with E-state index in [-0.39, 0.29) is 23.9 Å². The van der Waals surface area contributed by atoms with Gasteiger partial charge in [0.25, 0.3) is 5.91 Å². The first kappa shape index (κ1) is 17.3. The summed E-state index contributed by atoms with van der Waals surface area (Å²) in [4.78, 5) is 26.3. The van der Waals surface area contributed by atoms with Crippen LogP contribution in [0.5, 0.6) is 5.75 Å². The third kappa shape index (κ3) is 4.47. The monoisotopic (exact) mass is 319 g/mol. The largest absolute Gasteiger partial charge is 0.490 e. The number of ether oxygens (including phenoxy) is 2. The summed E-state index contributed by atoms with van der Waals surface area (Å²) in [5.41, 5.74) is 0.579. The van der Waals surface area contributed by atoms with Crippen molar-refractivity contribution in [2.24, 2.45) is 5.92 Å². The lowest BCUT2D eigenvalue weighted by atomic mass is 9.96. The van der Waals surface area contributed by atoms with Gasteiger partial charge in [-0.15, -0.1) is 0 Å². The molecule has 0 unspecified atom stereocenters. The molecule has 1 aromatic rings. The summed E-state index contributed by atoms with van der Waals surface area (Å²) in [6.45, 7) is 7.22. The van der Waals surface area contributed by atoms with Crippen LogP contribution in [0.1, 0.15) is 44.0 Å². The van der Waals surface area contributed by atoms with Crippen LogP contribution in [0, 0.1) is 5.92 Å². The zero-order chi connectivity index (χ0) is 16.8. The van der Waals surface area contributed by atoms with Crippen molar-refractivity contribution in [2.45, 2.75) is 39.7 Å². The van der Waals surface area contributed by atoms with Crippen molar-refractivity contribution in [3.05, 3.63) is 29.8 Å². The maximum absolute atomic E-state index is 12.7. The third-order valence-corrected chi connectivity index (χ3v) is 3.88. The quantitative estimate of drug-likeness (QED) is 0.783. The second kappa shape index (κ2) is 7.99. The van der Waals surface area contributed by atoms with E-state index in [1.165, 1.54) is 0 Å². The van der Waals surface area contributed by atoms with Crippen molar-refractivity contribution >= 4 is 11.9 Å². The standard InChI is InChI=1S/C18H25NO4/c1-4-22-18(21)14-9-11-19(12-10-14)17(20)15-7-5-6-8-16(15)23-13(2)3/h5-8,13-14H,4,9-12H2,1-3H3. The van der Waals surface area contributed by atoms with Crippen LogP contribution in [-0.4, -0.2) is 42.6 Å². The highest BCUT2D eigenvalue weighted by Crippen LogP contribution is 2.25. The van der Waals surface area contributed by atoms with Crippen molar-refractivity contribution in [3.8, 4) is 5.75 Å². The fraction of sp³-hybridized carbons (Fsp3) is 0.556. The number of carbonyl (C=O) groups excluding carboxylic acids is 2. The number of benzene rings is 1. The Morgan fingerprint density at radius 3 is 2.48 bits per heavy atom. The molecule has 0 aromatic heterocycles. The Morgan fingerprint density at radius 1 is 1.22 bits per heavy atom. The van der Waals surface area contributed by atoms with Crippen molar-refractivity contribution in [2.75, 3.05) is 19.7 Å². The summed E-state index contributed by atoms with van der Waals surface area (Å²) < 4.78 is 10.8. The molecular weight excluding hydrogens is 294 g/mol. The maximum Gasteiger partial charge on any atom is 0.309 e. The molecule has 2 rings (SSSR count). The predicted octanol–water partition coefficient (Wildman–Crippen LogP) is 2.89. The molecule has 1 aliphatic rings. The summed E-state index contributed by atoms with van der Waals surface area (Å²) in [6.07, 6.45) is 1.31. The molecule has 0 radical (unpaired) electrons. The molecular formula is C18H25NO4. The number of nitrogens with zero attached hydrogens (tertiary/aromatic N) is 1. The van der Waals surface area contributed by atoms with E-state index < -0.39 is 0 Å². The van der Waals surface area contributed by atoms with Crippen LogP contribution < -0.4 is 4.74 Å². The third-order valence-electron chi connectivity index (χ3n) is 3.88. The number of para-hydroxylation sites is 1. The molecule has 0 bridgehead atoms. The Morgan fingerprint density at radius 2 is 1.87 bits per heavy atom. The van der Waals surface area contributed by atoms with Gasteiger partial charge in [-0.3, -0.25) is 9.59 Å². The first-order valence-electron chi connectivity index (χ1n) is 8.24. The van der Waals surface area contributed by atoms with Crippen LogP contribution in [0.15, 0.2) is 24.3 Å². The van der Waals surface area contributed by atoms with Gasteiger partial charge in [-0.1, -0.05) is 12.1 Å². The van der Waals surface area contributed by atoms with E-state index >= 15 is 0 Å². The lowest BCUT2D eigenvalue weighted by Gasteiger charge is -2.31. The molecule has 5 heteroatoms. The fourth-order valence-electron chi connectivity index (χ4n) is 2.75. The number of amides is 1. The van der Waals surface area contributed by atoms with E-state index in [2.05, 4.69) is 0 Å². The van der Waals surface area contributed by atoms with Gasteiger partial charge in [0, 0.05) is 13.1 Å². The van der Waals surface area contributed by atoms with Crippen molar-refractivity contribution in [1.82, 2.24) is 4.90 Å². The maximum atomic E-state index is 12.7. The van der Waals surface area contributed by atoms with E-state index in [0.29, 0.717) is 43.9 Å². The van der Waals surface area contributed by atoms with Gasteiger partial charge in [0.05, 0.1) is 24.2 Å². The molecule has 1 amide bonds. The topological polar surface area (TPSA) is 55.8 Å². The summed E-state index contributed by atoms with van der Waals surface area (Å²) in [7, 11) is 0. The zero-order valence-corrected chi connectivity index (χ0v) is 14.1. The van der Waals surface area contributed by atoms with Crippen LogP contribution in [0.4, 0.5) is 0 Å². The van der Waals surface area contributed by atoms with E-state index in [9.17, 15) is 9.59 Å². The molecule has 1 aromatic carbocycles. The number of rotatable bonds is 5. The van der Waals surface area contributed by atoms with Gasteiger partial charge in [-0.2, -0.15) is 0 Å². The van der Waals surface area contributed by atoms with E-state index in [1.54, 1.807) is 11.0 Å². The molecule has 5 nitrogen and oxygen atoms in total. The molecule has 1 aliphatic heterocycles. The number of likely N-dealkylation sites (tertiary alicyclic amines) is 1. The van der Waals surface area contributed by atoms with Crippen molar-refractivity contribution < 1.29 is 19.1 Å². The highest BCUT2D eigenvalue weighted by Gasteiger charge is 2.29. The second-order valence-corrected chi connectivity index (χ2v) is 5.98. The number of hydrogen-bond donors (Lipinski definition) is 0. The van der Waals surface area contributed by atoms with Crippen molar-refractivity contribution in [1.29, 1.82) is 0 Å². The van der Waals surface area contributed by atoms with Gasteiger partial charge in [-0.05, 0) is 45.7 Å². The van der Waals surface area contributed by atoms with Gasteiger partial charge in [0.15, 0.2) is 0 Å². The first-order valence-corrected chi connectivity index (χ1v) is 8.24. The number of carbonyl (C=O) groups is 2. The minimum absolute atomic E-state index is 0.0125. The molecule has 0 saturated carbocycles. The minimum Gasteiger partial charge on any atom is -0.490 e. The van der Waals surface area contributed by atoms with E-state index in [1.807, 2.05) is 39.0 Å². The molecule has 126 valence electrons. The predicted molar refractivity (Wildman–Crippen MR) is 87.5 cm³/mol. The molecule has 23 heavy (non-hydrogen) atoms. The Labute approximate surface area is 137 Å². The number of piperidine rings is 1. The van der Waals surface area contributed by atoms with E-state index in [4.69, 9.17) is 9.47 Å². The molecule has 0 spiro atoms. The Bertz CT molecular complexity index is 548. The lowest BCUT2D eigenvalue weighted by molar-refractivity contribution is -0.149. The van der Waals surface area contributed by atoms with E-state index in [0.717, 1.165) is 0 Å². The summed E-state index contributed by atoms with van der Waals surface area (Å²) in [6, 6.07) is 7.31. The van der Waals surface area contributed by atoms with Crippen molar-refractivity contribution in [3.63, 3.8) is 0 Å². The smallest absolute Gasteiger partial charge is 0.309 e. The second-order valence-electron chi connectivity index (χ2n) is 5.98. The lowest BCUT2D eigenvalue weighted by Crippen LogP contribution is -2.40. The van der Waals surface area contributed by atoms with Gasteiger partial charge in [0.2, 0.25) is 0 Å². The fourth-order valence-corrected chi connectivity index (χ4v) is 2.75. The Balaban J connectivity index is 2.01. The van der Waals surface area contributed by atoms with Gasteiger partial charge in [0.1, 0.15) is 5.75 Å². The molecule has 0 aliphatic carbocycles.